The second-order valence-electron chi connectivity index (χ2n) is 4.87. The summed E-state index contributed by atoms with van der Waals surface area (Å²) < 4.78 is 14.4. The van der Waals surface area contributed by atoms with Gasteiger partial charge in [-0.3, -0.25) is 4.79 Å². The van der Waals surface area contributed by atoms with Crippen molar-refractivity contribution >= 4 is 27.5 Å². The third kappa shape index (κ3) is 3.10. The normalized spacial score (nSPS) is 11.1. The van der Waals surface area contributed by atoms with E-state index in [9.17, 15) is 9.18 Å². The molecule has 2 rings (SSSR count). The van der Waals surface area contributed by atoms with Gasteiger partial charge in [0.05, 0.1) is 16.3 Å². The molecule has 0 saturated heterocycles. The zero-order valence-electron chi connectivity index (χ0n) is 11.0. The molecule has 0 radical (unpaired) electrons. The van der Waals surface area contributed by atoms with Crippen LogP contribution < -0.4 is 5.56 Å². The molecule has 106 valence electrons. The van der Waals surface area contributed by atoms with E-state index >= 15 is 0 Å². The van der Waals surface area contributed by atoms with Crippen molar-refractivity contribution in [1.29, 1.82) is 0 Å². The highest BCUT2D eigenvalue weighted by atomic mass is 79.9. The molecule has 0 aliphatic carbocycles. The topological polar surface area (TPSA) is 45.8 Å². The minimum absolute atomic E-state index is 0.00141. The Balaban J connectivity index is 2.61. The Hall–Kier alpha value is -1.20. The van der Waals surface area contributed by atoms with E-state index in [2.05, 4.69) is 25.9 Å². The molecule has 3 nitrogen and oxygen atoms in total. The number of halogens is 3. The third-order valence-electron chi connectivity index (χ3n) is 2.74. The fourth-order valence-electron chi connectivity index (χ4n) is 1.84. The van der Waals surface area contributed by atoms with Gasteiger partial charge in [-0.1, -0.05) is 31.5 Å². The maximum absolute atomic E-state index is 14.0. The first-order valence-electron chi connectivity index (χ1n) is 6.13. The zero-order chi connectivity index (χ0) is 14.9. The van der Waals surface area contributed by atoms with Gasteiger partial charge in [-0.25, -0.2) is 9.37 Å². The molecule has 0 spiro atoms. The lowest BCUT2D eigenvalue weighted by Gasteiger charge is -2.09. The van der Waals surface area contributed by atoms with Crippen LogP contribution in [0.3, 0.4) is 0 Å². The Morgan fingerprint density at radius 2 is 2.15 bits per heavy atom. The van der Waals surface area contributed by atoms with Crippen LogP contribution in [0.4, 0.5) is 4.39 Å². The Morgan fingerprint density at radius 1 is 1.45 bits per heavy atom. The SMILES string of the molecule is CC(C)Cc1nc(-c2cccc(Cl)c2F)[nH]c(=O)c1Br. The van der Waals surface area contributed by atoms with Crippen molar-refractivity contribution < 1.29 is 4.39 Å². The van der Waals surface area contributed by atoms with Gasteiger partial charge in [0.1, 0.15) is 10.3 Å². The minimum Gasteiger partial charge on any atom is -0.305 e. The third-order valence-corrected chi connectivity index (χ3v) is 3.85. The van der Waals surface area contributed by atoms with Crippen LogP contribution in [0.1, 0.15) is 19.5 Å². The highest BCUT2D eigenvalue weighted by Crippen LogP contribution is 2.25. The molecule has 0 amide bonds. The smallest absolute Gasteiger partial charge is 0.265 e. The first kappa shape index (κ1) is 15.2. The molecule has 0 unspecified atom stereocenters. The molecule has 0 atom stereocenters. The maximum Gasteiger partial charge on any atom is 0.265 e. The molecule has 0 aliphatic rings. The van der Waals surface area contributed by atoms with Gasteiger partial charge >= 0.3 is 0 Å². The van der Waals surface area contributed by atoms with Crippen LogP contribution in [0.25, 0.3) is 11.4 Å². The number of nitrogens with zero attached hydrogens (tertiary/aromatic N) is 1. The van der Waals surface area contributed by atoms with E-state index < -0.39 is 5.82 Å². The summed E-state index contributed by atoms with van der Waals surface area (Å²) in [5.41, 5.74) is 0.468. The van der Waals surface area contributed by atoms with Crippen molar-refractivity contribution in [2.24, 2.45) is 5.92 Å². The highest BCUT2D eigenvalue weighted by molar-refractivity contribution is 9.10. The summed E-state index contributed by atoms with van der Waals surface area (Å²) in [5.74, 6) is -0.0679. The predicted octanol–water partition coefficient (Wildman–Crippen LogP) is 4.19. The number of hydrogen-bond donors (Lipinski definition) is 1. The predicted molar refractivity (Wildman–Crippen MR) is 81.5 cm³/mol. The summed E-state index contributed by atoms with van der Waals surface area (Å²) in [6.07, 6.45) is 0.625. The quantitative estimate of drug-likeness (QED) is 0.893. The number of rotatable bonds is 3. The van der Waals surface area contributed by atoms with Gasteiger partial charge in [-0.05, 0) is 40.4 Å². The van der Waals surface area contributed by atoms with Crippen LogP contribution in [0.5, 0.6) is 0 Å². The number of aromatic nitrogens is 2. The standard InChI is InChI=1S/C14H13BrClFN2O/c1-7(2)6-10-11(15)14(20)19-13(18-10)8-4-3-5-9(16)12(8)17/h3-5,7H,6H2,1-2H3,(H,18,19,20). The number of hydrogen-bond acceptors (Lipinski definition) is 2. The Labute approximate surface area is 129 Å². The van der Waals surface area contributed by atoms with E-state index in [1.807, 2.05) is 13.8 Å². The Morgan fingerprint density at radius 3 is 2.80 bits per heavy atom. The van der Waals surface area contributed by atoms with Crippen molar-refractivity contribution in [3.05, 3.63) is 49.6 Å². The number of aromatic amines is 1. The van der Waals surface area contributed by atoms with E-state index in [0.717, 1.165) is 0 Å². The number of H-pyrrole nitrogens is 1. The first-order chi connectivity index (χ1) is 9.40. The van der Waals surface area contributed by atoms with Gasteiger partial charge in [0, 0.05) is 0 Å². The van der Waals surface area contributed by atoms with Gasteiger partial charge < -0.3 is 4.98 Å². The fourth-order valence-corrected chi connectivity index (χ4v) is 2.37. The highest BCUT2D eigenvalue weighted by Gasteiger charge is 2.15. The molecule has 20 heavy (non-hydrogen) atoms. The molecule has 1 N–H and O–H groups in total. The lowest BCUT2D eigenvalue weighted by Crippen LogP contribution is -2.15. The molecule has 0 bridgehead atoms. The van der Waals surface area contributed by atoms with Crippen molar-refractivity contribution in [3.8, 4) is 11.4 Å². The Kier molecular flexibility index (Phi) is 4.60. The summed E-state index contributed by atoms with van der Waals surface area (Å²) in [5, 5.41) is -0.00141. The van der Waals surface area contributed by atoms with Gasteiger partial charge in [-0.15, -0.1) is 0 Å². The molecule has 1 aromatic heterocycles. The average molecular weight is 360 g/mol. The summed E-state index contributed by atoms with van der Waals surface area (Å²) in [6, 6.07) is 4.60. The van der Waals surface area contributed by atoms with Crippen molar-refractivity contribution in [3.63, 3.8) is 0 Å². The van der Waals surface area contributed by atoms with Crippen molar-refractivity contribution in [2.45, 2.75) is 20.3 Å². The van der Waals surface area contributed by atoms with E-state index in [4.69, 9.17) is 11.6 Å². The Bertz CT molecular complexity index is 700. The van der Waals surface area contributed by atoms with Crippen LogP contribution >= 0.6 is 27.5 Å². The van der Waals surface area contributed by atoms with Crippen LogP contribution in [0.15, 0.2) is 27.5 Å². The molecule has 0 aliphatic heterocycles. The fraction of sp³-hybridized carbons (Fsp3) is 0.286. The van der Waals surface area contributed by atoms with Crippen LogP contribution in [0.2, 0.25) is 5.02 Å². The largest absolute Gasteiger partial charge is 0.305 e. The van der Waals surface area contributed by atoms with E-state index in [-0.39, 0.29) is 22.0 Å². The van der Waals surface area contributed by atoms with Crippen molar-refractivity contribution in [1.82, 2.24) is 9.97 Å². The van der Waals surface area contributed by atoms with Gasteiger partial charge in [0.2, 0.25) is 0 Å². The van der Waals surface area contributed by atoms with Crippen LogP contribution in [-0.4, -0.2) is 9.97 Å². The zero-order valence-corrected chi connectivity index (χ0v) is 13.3. The van der Waals surface area contributed by atoms with E-state index in [1.165, 1.54) is 12.1 Å². The molecule has 0 fully saturated rings. The summed E-state index contributed by atoms with van der Waals surface area (Å²) in [7, 11) is 0. The maximum atomic E-state index is 14.0. The first-order valence-corrected chi connectivity index (χ1v) is 7.30. The van der Waals surface area contributed by atoms with E-state index in [1.54, 1.807) is 6.07 Å². The lowest BCUT2D eigenvalue weighted by atomic mass is 10.1. The minimum atomic E-state index is -0.588. The van der Waals surface area contributed by atoms with Gasteiger partial charge in [0.25, 0.3) is 5.56 Å². The van der Waals surface area contributed by atoms with E-state index in [0.29, 0.717) is 22.5 Å². The van der Waals surface area contributed by atoms with Crippen LogP contribution in [0, 0.1) is 11.7 Å². The van der Waals surface area contributed by atoms with Gasteiger partial charge in [-0.2, -0.15) is 0 Å². The second-order valence-corrected chi connectivity index (χ2v) is 6.07. The molecule has 0 saturated carbocycles. The van der Waals surface area contributed by atoms with Crippen LogP contribution in [-0.2, 0) is 6.42 Å². The monoisotopic (exact) mass is 358 g/mol. The van der Waals surface area contributed by atoms with Gasteiger partial charge in [0.15, 0.2) is 5.82 Å². The molecular formula is C14H13BrClFN2O. The average Bonchev–Trinajstić information content (AvgIpc) is 2.37. The molecule has 6 heteroatoms. The lowest BCUT2D eigenvalue weighted by molar-refractivity contribution is 0.624. The van der Waals surface area contributed by atoms with Crippen molar-refractivity contribution in [2.75, 3.05) is 0 Å². The molecule has 1 aromatic carbocycles. The summed E-state index contributed by atoms with van der Waals surface area (Å²) in [6.45, 7) is 4.05. The molecule has 1 heterocycles. The number of nitrogens with one attached hydrogen (secondary N) is 1. The summed E-state index contributed by atoms with van der Waals surface area (Å²) in [4.78, 5) is 18.8. The summed E-state index contributed by atoms with van der Waals surface area (Å²) >= 11 is 8.98. The molecular weight excluding hydrogens is 347 g/mol. The molecule has 2 aromatic rings. The number of benzene rings is 1. The second kappa shape index (κ2) is 6.06.